The van der Waals surface area contributed by atoms with E-state index in [1.54, 1.807) is 0 Å². The summed E-state index contributed by atoms with van der Waals surface area (Å²) < 4.78 is 13.2. The molecule has 2 nitrogen and oxygen atoms in total. The molecule has 0 aromatic carbocycles. The molecule has 1 rings (SSSR count). The summed E-state index contributed by atoms with van der Waals surface area (Å²) in [5.41, 5.74) is 0. The van der Waals surface area contributed by atoms with Crippen LogP contribution in [0.5, 0.6) is 0 Å². The van der Waals surface area contributed by atoms with Gasteiger partial charge in [-0.2, -0.15) is 0 Å². The van der Waals surface area contributed by atoms with Gasteiger partial charge in [0, 0.05) is 0 Å². The van der Waals surface area contributed by atoms with Crippen LogP contribution in [0.2, 0.25) is 0 Å². The normalized spacial score (nSPS) is 15.2. The fourth-order valence-corrected chi connectivity index (χ4v) is 10.4. The summed E-state index contributed by atoms with van der Waals surface area (Å²) in [4.78, 5) is 8.33. The van der Waals surface area contributed by atoms with Crippen LogP contribution in [-0.4, -0.2) is 47.5 Å². The van der Waals surface area contributed by atoms with E-state index in [1.165, 1.54) is 12.4 Å². The van der Waals surface area contributed by atoms with Crippen molar-refractivity contribution in [1.29, 1.82) is 0 Å². The van der Waals surface area contributed by atoms with Crippen LogP contribution in [0, 0.1) is 5.82 Å². The van der Waals surface area contributed by atoms with Gasteiger partial charge < -0.3 is 0 Å². The van der Waals surface area contributed by atoms with Crippen molar-refractivity contribution >= 4 is 20.1 Å². The Kier molecular flexibility index (Phi) is 3.90. The lowest BCUT2D eigenvalue weighted by atomic mass is 10.6. The number of halogens is 1. The first-order chi connectivity index (χ1) is 7.12. The Hall–Kier alpha value is -0.290. The van der Waals surface area contributed by atoms with E-state index in [0.29, 0.717) is 4.58 Å². The maximum Gasteiger partial charge on any atom is 0.159 e. The molecular formula is C11H21FN2S2. The maximum atomic E-state index is 12.8. The van der Waals surface area contributed by atoms with E-state index in [9.17, 15) is 4.39 Å². The smallest absolute Gasteiger partial charge is 0.159 e. The summed E-state index contributed by atoms with van der Waals surface area (Å²) in [7, 11) is -1.60. The van der Waals surface area contributed by atoms with Gasteiger partial charge in [-0.3, -0.25) is 0 Å². The Morgan fingerprint density at radius 2 is 1.31 bits per heavy atom. The van der Waals surface area contributed by atoms with Crippen molar-refractivity contribution in [3.63, 3.8) is 0 Å². The molecule has 0 fully saturated rings. The zero-order valence-electron chi connectivity index (χ0n) is 10.8. The molecule has 0 aliphatic rings. The molecular weight excluding hydrogens is 243 g/mol. The molecule has 0 unspecified atom stereocenters. The van der Waals surface area contributed by atoms with Crippen molar-refractivity contribution in [2.45, 2.75) is 4.58 Å². The molecule has 0 amide bonds. The maximum absolute atomic E-state index is 12.8. The minimum Gasteiger partial charge on any atom is -0.236 e. The highest BCUT2D eigenvalue weighted by Gasteiger charge is 2.32. The highest BCUT2D eigenvalue weighted by atomic mass is 32.3. The van der Waals surface area contributed by atoms with Crippen molar-refractivity contribution in [3.8, 4) is 0 Å². The molecule has 0 radical (unpaired) electrons. The Morgan fingerprint density at radius 3 is 1.62 bits per heavy atom. The van der Waals surface area contributed by atoms with E-state index in [4.69, 9.17) is 0 Å². The third-order valence-corrected chi connectivity index (χ3v) is 8.59. The van der Waals surface area contributed by atoms with Crippen molar-refractivity contribution in [2.75, 3.05) is 37.5 Å². The third-order valence-electron chi connectivity index (χ3n) is 2.14. The van der Waals surface area contributed by atoms with Gasteiger partial charge in [-0.05, 0) is 37.5 Å². The Balaban J connectivity index is 3.18. The fraction of sp³-hybridized carbons (Fsp3) is 0.636. The molecule has 0 spiro atoms. The molecule has 0 aliphatic heterocycles. The summed E-state index contributed by atoms with van der Waals surface area (Å²) in [6.45, 7) is 0. The Morgan fingerprint density at radius 1 is 0.938 bits per heavy atom. The van der Waals surface area contributed by atoms with Gasteiger partial charge in [-0.25, -0.2) is 34.4 Å². The summed E-state index contributed by atoms with van der Waals surface area (Å²) in [6.07, 6.45) is 16.1. The number of rotatable bonds is 3. The van der Waals surface area contributed by atoms with Crippen molar-refractivity contribution in [2.24, 2.45) is 0 Å². The Bertz CT molecular complexity index is 338. The van der Waals surface area contributed by atoms with Gasteiger partial charge in [0.2, 0.25) is 0 Å². The molecule has 0 saturated carbocycles. The average Bonchev–Trinajstić information content (AvgIpc) is 2.03. The molecule has 0 atom stereocenters. The predicted molar refractivity (Wildman–Crippen MR) is 75.5 cm³/mol. The van der Waals surface area contributed by atoms with Crippen LogP contribution in [0.4, 0.5) is 4.39 Å². The van der Waals surface area contributed by atoms with Crippen LogP contribution in [0.3, 0.4) is 0 Å². The SMILES string of the molecule is CS(C)(C)C(c1ncc(F)cn1)S(C)(C)C. The van der Waals surface area contributed by atoms with Crippen LogP contribution in [0.1, 0.15) is 10.4 Å². The zero-order valence-corrected chi connectivity index (χ0v) is 12.5. The van der Waals surface area contributed by atoms with E-state index in [2.05, 4.69) is 47.5 Å². The predicted octanol–water partition coefficient (Wildman–Crippen LogP) is 3.00. The number of hydrogen-bond donors (Lipinski definition) is 0. The highest BCUT2D eigenvalue weighted by molar-refractivity contribution is 8.47. The summed E-state index contributed by atoms with van der Waals surface area (Å²) in [6, 6.07) is 0. The van der Waals surface area contributed by atoms with Crippen LogP contribution < -0.4 is 0 Å². The molecule has 0 aliphatic carbocycles. The van der Waals surface area contributed by atoms with E-state index in [0.717, 1.165) is 5.82 Å². The van der Waals surface area contributed by atoms with Gasteiger partial charge >= 0.3 is 0 Å². The summed E-state index contributed by atoms with van der Waals surface area (Å²) >= 11 is 0. The lowest BCUT2D eigenvalue weighted by molar-refractivity contribution is 0.610. The quantitative estimate of drug-likeness (QED) is 0.838. The molecule has 0 saturated heterocycles. The number of nitrogens with zero attached hydrogens (tertiary/aromatic N) is 2. The average molecular weight is 264 g/mol. The lowest BCUT2D eigenvalue weighted by Crippen LogP contribution is -2.17. The van der Waals surface area contributed by atoms with Crippen LogP contribution in [-0.2, 0) is 0 Å². The van der Waals surface area contributed by atoms with E-state index in [-0.39, 0.29) is 5.82 Å². The van der Waals surface area contributed by atoms with Crippen LogP contribution in [0.25, 0.3) is 0 Å². The van der Waals surface area contributed by atoms with Gasteiger partial charge in [-0.1, -0.05) is 0 Å². The molecule has 1 aromatic rings. The second-order valence-electron chi connectivity index (χ2n) is 5.46. The second kappa shape index (κ2) is 4.53. The van der Waals surface area contributed by atoms with Gasteiger partial charge in [-0.15, -0.1) is 0 Å². The van der Waals surface area contributed by atoms with Crippen molar-refractivity contribution in [3.05, 3.63) is 24.0 Å². The Labute approximate surface area is 101 Å². The van der Waals surface area contributed by atoms with Gasteiger partial charge in [0.05, 0.1) is 17.0 Å². The minimum absolute atomic E-state index is 0.362. The monoisotopic (exact) mass is 264 g/mol. The topological polar surface area (TPSA) is 25.8 Å². The highest BCUT2D eigenvalue weighted by Crippen LogP contribution is 2.67. The summed E-state index contributed by atoms with van der Waals surface area (Å²) in [5.74, 6) is 0.432. The first-order valence-corrected chi connectivity index (χ1v) is 10.8. The van der Waals surface area contributed by atoms with Gasteiger partial charge in [0.25, 0.3) is 0 Å². The molecule has 1 aromatic heterocycles. The second-order valence-corrected chi connectivity index (χ2v) is 14.4. The summed E-state index contributed by atoms with van der Waals surface area (Å²) in [5, 5.41) is 0. The first-order valence-electron chi connectivity index (χ1n) is 4.94. The molecule has 0 bridgehead atoms. The lowest BCUT2D eigenvalue weighted by Gasteiger charge is -2.46. The molecule has 16 heavy (non-hydrogen) atoms. The van der Waals surface area contributed by atoms with Crippen molar-refractivity contribution < 1.29 is 4.39 Å². The molecule has 5 heteroatoms. The van der Waals surface area contributed by atoms with Crippen LogP contribution >= 0.6 is 20.1 Å². The zero-order chi connectivity index (χ0) is 12.6. The molecule has 94 valence electrons. The van der Waals surface area contributed by atoms with Gasteiger partial charge in [0.1, 0.15) is 5.82 Å². The standard InChI is InChI=1S/C11H21FN2S2/c1-15(2,3)11(16(4,5)6)10-13-7-9(12)8-14-10/h7-8,11H,1-6H3. The fourth-order valence-electron chi connectivity index (χ4n) is 1.94. The first kappa shape index (κ1) is 13.8. The van der Waals surface area contributed by atoms with E-state index in [1.807, 2.05) is 0 Å². The third kappa shape index (κ3) is 3.35. The van der Waals surface area contributed by atoms with Gasteiger partial charge in [0.15, 0.2) is 5.82 Å². The number of hydrogen-bond acceptors (Lipinski definition) is 2. The largest absolute Gasteiger partial charge is 0.236 e. The van der Waals surface area contributed by atoms with E-state index >= 15 is 0 Å². The van der Waals surface area contributed by atoms with Crippen LogP contribution in [0.15, 0.2) is 12.4 Å². The molecule has 0 N–H and O–H groups in total. The van der Waals surface area contributed by atoms with Crippen molar-refractivity contribution in [1.82, 2.24) is 9.97 Å². The minimum atomic E-state index is -0.799. The molecule has 1 heterocycles. The van der Waals surface area contributed by atoms with E-state index < -0.39 is 20.1 Å². The number of aromatic nitrogens is 2.